The van der Waals surface area contributed by atoms with E-state index in [1.165, 1.54) is 5.56 Å². The molecule has 0 radical (unpaired) electrons. The van der Waals surface area contributed by atoms with E-state index in [2.05, 4.69) is 51.1 Å². The molecule has 3 aromatic rings. The van der Waals surface area contributed by atoms with Crippen molar-refractivity contribution in [1.82, 2.24) is 10.3 Å². The molecule has 106 valence electrons. The number of aromatic nitrogens is 1. The van der Waals surface area contributed by atoms with Gasteiger partial charge >= 0.3 is 0 Å². The Morgan fingerprint density at radius 2 is 2.00 bits per heavy atom. The first-order valence-corrected chi connectivity index (χ1v) is 8.12. The van der Waals surface area contributed by atoms with Crippen LogP contribution < -0.4 is 5.32 Å². The smallest absolute Gasteiger partial charge is 0.0705 e. The van der Waals surface area contributed by atoms with Crippen molar-refractivity contribution in [3.63, 3.8) is 0 Å². The van der Waals surface area contributed by atoms with Crippen LogP contribution in [0, 0.1) is 3.57 Å². The van der Waals surface area contributed by atoms with Crippen LogP contribution in [0.3, 0.4) is 0 Å². The summed E-state index contributed by atoms with van der Waals surface area (Å²) in [5.41, 5.74) is 3.37. The Labute approximate surface area is 142 Å². The van der Waals surface area contributed by atoms with E-state index in [1.807, 2.05) is 43.6 Å². The summed E-state index contributed by atoms with van der Waals surface area (Å²) in [6.07, 6.45) is 1.82. The summed E-state index contributed by atoms with van der Waals surface area (Å²) >= 11 is 8.52. The molecule has 1 aromatic heterocycles. The van der Waals surface area contributed by atoms with Gasteiger partial charge in [0.2, 0.25) is 0 Å². The van der Waals surface area contributed by atoms with Gasteiger partial charge in [0.15, 0.2) is 0 Å². The molecule has 0 amide bonds. The number of nitrogens with zero attached hydrogens (tertiary/aromatic N) is 1. The second kappa shape index (κ2) is 6.30. The van der Waals surface area contributed by atoms with Crippen molar-refractivity contribution >= 4 is 45.1 Å². The van der Waals surface area contributed by atoms with E-state index in [0.717, 1.165) is 25.1 Å². The van der Waals surface area contributed by atoms with Gasteiger partial charge in [0.1, 0.15) is 0 Å². The number of fused-ring (bicyclic) bond motifs is 1. The third-order valence-corrected chi connectivity index (χ3v) is 5.13. The number of benzene rings is 2. The SMILES string of the molecule is CNC(c1ccc(I)c(Cl)c1)c1cccc2ncccc12. The van der Waals surface area contributed by atoms with Crippen LogP contribution in [-0.4, -0.2) is 12.0 Å². The Hall–Kier alpha value is -1.17. The van der Waals surface area contributed by atoms with Crippen LogP contribution in [0.1, 0.15) is 17.2 Å². The molecule has 1 unspecified atom stereocenters. The summed E-state index contributed by atoms with van der Waals surface area (Å²) in [5.74, 6) is 0. The van der Waals surface area contributed by atoms with Crippen LogP contribution in [0.25, 0.3) is 10.9 Å². The fourth-order valence-corrected chi connectivity index (χ4v) is 3.10. The van der Waals surface area contributed by atoms with Crippen LogP contribution >= 0.6 is 34.2 Å². The standard InChI is InChI=1S/C17H14ClIN2/c1-20-17(11-7-8-15(19)14(18)10-11)13-4-2-6-16-12(13)5-3-9-21-16/h2-10,17,20H,1H3. The number of pyridine rings is 1. The average Bonchev–Trinajstić information content (AvgIpc) is 2.52. The highest BCUT2D eigenvalue weighted by Gasteiger charge is 2.15. The lowest BCUT2D eigenvalue weighted by Crippen LogP contribution is -2.18. The normalized spacial score (nSPS) is 12.5. The van der Waals surface area contributed by atoms with Crippen molar-refractivity contribution in [2.75, 3.05) is 7.05 Å². The molecular weight excluding hydrogens is 395 g/mol. The van der Waals surface area contributed by atoms with Gasteiger partial charge in [-0.15, -0.1) is 0 Å². The number of hydrogen-bond acceptors (Lipinski definition) is 2. The second-order valence-electron chi connectivity index (χ2n) is 4.81. The van der Waals surface area contributed by atoms with Gasteiger partial charge in [-0.1, -0.05) is 35.9 Å². The van der Waals surface area contributed by atoms with Crippen LogP contribution in [0.15, 0.2) is 54.7 Å². The van der Waals surface area contributed by atoms with Gasteiger partial charge in [0.05, 0.1) is 16.6 Å². The summed E-state index contributed by atoms with van der Waals surface area (Å²) in [6.45, 7) is 0. The number of halogens is 2. The number of rotatable bonds is 3. The quantitative estimate of drug-likeness (QED) is 0.630. The minimum absolute atomic E-state index is 0.0902. The molecule has 21 heavy (non-hydrogen) atoms. The minimum Gasteiger partial charge on any atom is -0.309 e. The molecule has 1 N–H and O–H groups in total. The van der Waals surface area contributed by atoms with Crippen LogP contribution in [-0.2, 0) is 0 Å². The molecule has 1 atom stereocenters. The number of nitrogens with one attached hydrogen (secondary N) is 1. The molecule has 0 fully saturated rings. The Morgan fingerprint density at radius 1 is 1.14 bits per heavy atom. The predicted molar refractivity (Wildman–Crippen MR) is 96.8 cm³/mol. The Bertz CT molecular complexity index is 783. The molecule has 0 saturated carbocycles. The molecular formula is C17H14ClIN2. The lowest BCUT2D eigenvalue weighted by molar-refractivity contribution is 0.696. The fourth-order valence-electron chi connectivity index (χ4n) is 2.57. The van der Waals surface area contributed by atoms with Gasteiger partial charge in [-0.05, 0) is 65.0 Å². The van der Waals surface area contributed by atoms with E-state index in [9.17, 15) is 0 Å². The van der Waals surface area contributed by atoms with E-state index in [4.69, 9.17) is 11.6 Å². The van der Waals surface area contributed by atoms with Crippen LogP contribution in [0.4, 0.5) is 0 Å². The lowest BCUT2D eigenvalue weighted by atomic mass is 9.95. The largest absolute Gasteiger partial charge is 0.309 e. The molecule has 0 spiro atoms. The van der Waals surface area contributed by atoms with Gasteiger partial charge in [-0.25, -0.2) is 0 Å². The molecule has 0 aliphatic carbocycles. The molecule has 3 rings (SSSR count). The Balaban J connectivity index is 2.16. The van der Waals surface area contributed by atoms with Crippen molar-refractivity contribution in [3.8, 4) is 0 Å². The molecule has 4 heteroatoms. The molecule has 2 aromatic carbocycles. The Morgan fingerprint density at radius 3 is 2.76 bits per heavy atom. The molecule has 0 aliphatic rings. The van der Waals surface area contributed by atoms with Crippen LogP contribution in [0.2, 0.25) is 5.02 Å². The van der Waals surface area contributed by atoms with E-state index in [0.29, 0.717) is 0 Å². The zero-order valence-electron chi connectivity index (χ0n) is 11.5. The third-order valence-electron chi connectivity index (χ3n) is 3.56. The molecule has 0 bridgehead atoms. The summed E-state index contributed by atoms with van der Waals surface area (Å²) in [5, 5.41) is 5.33. The van der Waals surface area contributed by atoms with E-state index >= 15 is 0 Å². The lowest BCUT2D eigenvalue weighted by Gasteiger charge is -2.19. The first kappa shape index (κ1) is 14.8. The topological polar surface area (TPSA) is 24.9 Å². The summed E-state index contributed by atoms with van der Waals surface area (Å²) in [6, 6.07) is 16.6. The first-order chi connectivity index (χ1) is 10.2. The Kier molecular flexibility index (Phi) is 4.42. The molecule has 0 saturated heterocycles. The van der Waals surface area contributed by atoms with Crippen molar-refractivity contribution in [1.29, 1.82) is 0 Å². The zero-order valence-corrected chi connectivity index (χ0v) is 14.4. The van der Waals surface area contributed by atoms with E-state index in [1.54, 1.807) is 0 Å². The summed E-state index contributed by atoms with van der Waals surface area (Å²) in [4.78, 5) is 4.43. The van der Waals surface area contributed by atoms with Gasteiger partial charge in [-0.3, -0.25) is 4.98 Å². The first-order valence-electron chi connectivity index (χ1n) is 6.66. The van der Waals surface area contributed by atoms with Crippen molar-refractivity contribution in [2.45, 2.75) is 6.04 Å². The highest BCUT2D eigenvalue weighted by atomic mass is 127. The average molecular weight is 409 g/mol. The van der Waals surface area contributed by atoms with Crippen molar-refractivity contribution in [2.24, 2.45) is 0 Å². The third kappa shape index (κ3) is 2.91. The molecule has 0 aliphatic heterocycles. The van der Waals surface area contributed by atoms with Gasteiger partial charge < -0.3 is 5.32 Å². The summed E-state index contributed by atoms with van der Waals surface area (Å²) in [7, 11) is 1.96. The maximum atomic E-state index is 6.27. The second-order valence-corrected chi connectivity index (χ2v) is 6.38. The van der Waals surface area contributed by atoms with Crippen LogP contribution in [0.5, 0.6) is 0 Å². The van der Waals surface area contributed by atoms with E-state index in [-0.39, 0.29) is 6.04 Å². The zero-order chi connectivity index (χ0) is 14.8. The maximum Gasteiger partial charge on any atom is 0.0705 e. The van der Waals surface area contributed by atoms with E-state index < -0.39 is 0 Å². The molecule has 1 heterocycles. The van der Waals surface area contributed by atoms with Crippen molar-refractivity contribution in [3.05, 3.63) is 74.4 Å². The van der Waals surface area contributed by atoms with Gasteiger partial charge in [0, 0.05) is 15.2 Å². The molecule has 2 nitrogen and oxygen atoms in total. The minimum atomic E-state index is 0.0902. The maximum absolute atomic E-state index is 6.27. The summed E-state index contributed by atoms with van der Waals surface area (Å²) < 4.78 is 1.06. The number of hydrogen-bond donors (Lipinski definition) is 1. The highest BCUT2D eigenvalue weighted by Crippen LogP contribution is 2.30. The fraction of sp³-hybridized carbons (Fsp3) is 0.118. The van der Waals surface area contributed by atoms with Gasteiger partial charge in [0.25, 0.3) is 0 Å². The highest BCUT2D eigenvalue weighted by molar-refractivity contribution is 14.1. The predicted octanol–water partition coefficient (Wildman–Crippen LogP) is 4.80. The van der Waals surface area contributed by atoms with Gasteiger partial charge in [-0.2, -0.15) is 0 Å². The monoisotopic (exact) mass is 408 g/mol. The van der Waals surface area contributed by atoms with Crippen molar-refractivity contribution < 1.29 is 0 Å².